The number of para-hydroxylation sites is 1. The van der Waals surface area contributed by atoms with Crippen molar-refractivity contribution < 1.29 is 23.8 Å². The summed E-state index contributed by atoms with van der Waals surface area (Å²) in [5.41, 5.74) is 1.04. The molecular formula is C24H25NO5. The molecule has 4 unspecified atom stereocenters. The van der Waals surface area contributed by atoms with Crippen LogP contribution in [0.3, 0.4) is 0 Å². The van der Waals surface area contributed by atoms with Crippen LogP contribution in [0.2, 0.25) is 0 Å². The maximum absolute atomic E-state index is 12.9. The molecule has 0 bridgehead atoms. The number of rotatable bonds is 5. The lowest BCUT2D eigenvalue weighted by molar-refractivity contribution is -0.124. The summed E-state index contributed by atoms with van der Waals surface area (Å²) in [6.45, 7) is 0.401. The van der Waals surface area contributed by atoms with Crippen LogP contribution in [0.15, 0.2) is 42.5 Å². The quantitative estimate of drug-likeness (QED) is 0.823. The van der Waals surface area contributed by atoms with Crippen LogP contribution in [0.25, 0.3) is 0 Å². The number of fused-ring (bicyclic) bond motifs is 3. The molecule has 2 fully saturated rings. The van der Waals surface area contributed by atoms with Gasteiger partial charge < -0.3 is 19.5 Å². The van der Waals surface area contributed by atoms with Crippen LogP contribution in [-0.4, -0.2) is 31.5 Å². The standard InChI is InChI=1S/C24H25NO5/c1-28-15-9-14(10-16(11-15)29-2)13-25-23(27)21-18-7-8-24(22(18)21)12-19(26)17-5-3-4-6-20(17)30-24/h3-6,9-11,18,21-22H,7-8,12-13H2,1-2H3,(H,25,27). The predicted molar refractivity (Wildman–Crippen MR) is 110 cm³/mol. The van der Waals surface area contributed by atoms with Crippen molar-refractivity contribution in [2.75, 3.05) is 14.2 Å². The van der Waals surface area contributed by atoms with Crippen molar-refractivity contribution in [3.63, 3.8) is 0 Å². The molecule has 6 heteroatoms. The predicted octanol–water partition coefficient (Wildman–Crippen LogP) is 3.38. The minimum absolute atomic E-state index is 0.0285. The molecule has 1 aliphatic heterocycles. The average molecular weight is 407 g/mol. The van der Waals surface area contributed by atoms with Crippen molar-refractivity contribution >= 4 is 11.7 Å². The average Bonchev–Trinajstić information content (AvgIpc) is 3.42. The number of Topliss-reactive ketones (excluding diaryl/α,β-unsaturated/α-hetero) is 1. The maximum atomic E-state index is 12.9. The van der Waals surface area contributed by atoms with Crippen LogP contribution in [0.4, 0.5) is 0 Å². The van der Waals surface area contributed by atoms with Gasteiger partial charge in [0, 0.05) is 24.4 Å². The fraction of sp³-hybridized carbons (Fsp3) is 0.417. The summed E-state index contributed by atoms with van der Waals surface area (Å²) >= 11 is 0. The van der Waals surface area contributed by atoms with Gasteiger partial charge >= 0.3 is 0 Å². The highest BCUT2D eigenvalue weighted by Gasteiger charge is 2.70. The minimum Gasteiger partial charge on any atom is -0.497 e. The second kappa shape index (κ2) is 7.04. The third-order valence-corrected chi connectivity index (χ3v) is 6.82. The van der Waals surface area contributed by atoms with Gasteiger partial charge in [0.05, 0.1) is 26.2 Å². The largest absolute Gasteiger partial charge is 0.497 e. The molecular weight excluding hydrogens is 382 g/mol. The summed E-state index contributed by atoms with van der Waals surface area (Å²) in [6.07, 6.45) is 2.12. The number of benzene rings is 2. The Hall–Kier alpha value is -3.02. The van der Waals surface area contributed by atoms with Gasteiger partial charge in [-0.05, 0) is 48.6 Å². The first-order chi connectivity index (χ1) is 14.5. The Morgan fingerprint density at radius 3 is 2.63 bits per heavy atom. The molecule has 2 aromatic rings. The SMILES string of the molecule is COc1cc(CNC(=O)C2C3CCC4(CC(=O)c5ccccc5O4)C32)cc(OC)c1. The first-order valence-corrected chi connectivity index (χ1v) is 10.4. The number of hydrogen-bond acceptors (Lipinski definition) is 5. The zero-order valence-corrected chi connectivity index (χ0v) is 17.1. The normalized spacial score (nSPS) is 28.3. The summed E-state index contributed by atoms with van der Waals surface area (Å²) in [7, 11) is 3.21. The summed E-state index contributed by atoms with van der Waals surface area (Å²) < 4.78 is 17.0. The van der Waals surface area contributed by atoms with Gasteiger partial charge in [-0.2, -0.15) is 0 Å². The van der Waals surface area contributed by atoms with Gasteiger partial charge in [-0.1, -0.05) is 12.1 Å². The number of methoxy groups -OCH3 is 2. The van der Waals surface area contributed by atoms with E-state index in [1.54, 1.807) is 20.3 Å². The van der Waals surface area contributed by atoms with Crippen LogP contribution < -0.4 is 19.5 Å². The van der Waals surface area contributed by atoms with Gasteiger partial charge in [-0.25, -0.2) is 0 Å². The van der Waals surface area contributed by atoms with E-state index >= 15 is 0 Å². The Balaban J connectivity index is 1.28. The lowest BCUT2D eigenvalue weighted by Gasteiger charge is -2.37. The molecule has 3 aliphatic rings. The lowest BCUT2D eigenvalue weighted by atomic mass is 9.84. The Morgan fingerprint density at radius 2 is 1.90 bits per heavy atom. The van der Waals surface area contributed by atoms with Gasteiger partial charge in [-0.3, -0.25) is 9.59 Å². The molecule has 4 atom stereocenters. The third kappa shape index (κ3) is 3.02. The van der Waals surface area contributed by atoms with E-state index in [1.165, 1.54) is 0 Å². The molecule has 1 amide bonds. The zero-order valence-electron chi connectivity index (χ0n) is 17.1. The number of nitrogens with one attached hydrogen (secondary N) is 1. The highest BCUT2D eigenvalue weighted by atomic mass is 16.5. The van der Waals surface area contributed by atoms with E-state index < -0.39 is 5.60 Å². The number of ether oxygens (including phenoxy) is 3. The smallest absolute Gasteiger partial charge is 0.224 e. The maximum Gasteiger partial charge on any atom is 0.224 e. The van der Waals surface area contributed by atoms with Crippen LogP contribution in [0.5, 0.6) is 17.2 Å². The summed E-state index contributed by atoms with van der Waals surface area (Å²) in [4.78, 5) is 25.7. The molecule has 2 aromatic carbocycles. The van der Waals surface area contributed by atoms with Crippen LogP contribution >= 0.6 is 0 Å². The highest BCUT2D eigenvalue weighted by Crippen LogP contribution is 2.65. The van der Waals surface area contributed by atoms with E-state index in [0.29, 0.717) is 41.7 Å². The number of carbonyl (C=O) groups is 2. The topological polar surface area (TPSA) is 73.9 Å². The van der Waals surface area contributed by atoms with E-state index in [0.717, 1.165) is 18.4 Å². The molecule has 0 aromatic heterocycles. The monoisotopic (exact) mass is 407 g/mol. The Kier molecular flexibility index (Phi) is 4.45. The van der Waals surface area contributed by atoms with Crippen molar-refractivity contribution in [2.24, 2.45) is 17.8 Å². The molecule has 1 spiro atoms. The number of amides is 1. The van der Waals surface area contributed by atoms with E-state index in [1.807, 2.05) is 36.4 Å². The summed E-state index contributed by atoms with van der Waals surface area (Å²) in [5, 5.41) is 3.05. The molecule has 0 radical (unpaired) electrons. The Morgan fingerprint density at radius 1 is 1.17 bits per heavy atom. The first-order valence-electron chi connectivity index (χ1n) is 10.4. The molecule has 1 N–H and O–H groups in total. The van der Waals surface area contributed by atoms with E-state index in [-0.39, 0.29) is 23.5 Å². The van der Waals surface area contributed by atoms with Gasteiger partial charge in [0.25, 0.3) is 0 Å². The van der Waals surface area contributed by atoms with Crippen molar-refractivity contribution in [1.82, 2.24) is 5.32 Å². The van der Waals surface area contributed by atoms with Crippen molar-refractivity contribution in [1.29, 1.82) is 0 Å². The zero-order chi connectivity index (χ0) is 20.9. The first kappa shape index (κ1) is 19.0. The van der Waals surface area contributed by atoms with E-state index in [9.17, 15) is 9.59 Å². The second-order valence-corrected chi connectivity index (χ2v) is 8.46. The van der Waals surface area contributed by atoms with E-state index in [4.69, 9.17) is 14.2 Å². The van der Waals surface area contributed by atoms with Crippen LogP contribution in [0.1, 0.15) is 35.2 Å². The van der Waals surface area contributed by atoms with Gasteiger partial charge in [0.15, 0.2) is 5.78 Å². The van der Waals surface area contributed by atoms with Gasteiger partial charge in [0.2, 0.25) is 5.91 Å². The second-order valence-electron chi connectivity index (χ2n) is 8.46. The fourth-order valence-electron chi connectivity index (χ4n) is 5.39. The molecule has 0 saturated heterocycles. The number of hydrogen-bond donors (Lipinski definition) is 1. The summed E-state index contributed by atoms with van der Waals surface area (Å²) in [5.74, 6) is 2.49. The molecule has 30 heavy (non-hydrogen) atoms. The van der Waals surface area contributed by atoms with Crippen LogP contribution in [0, 0.1) is 17.8 Å². The molecule has 5 rings (SSSR count). The van der Waals surface area contributed by atoms with E-state index in [2.05, 4.69) is 5.32 Å². The number of ketones is 1. The van der Waals surface area contributed by atoms with Crippen LogP contribution in [-0.2, 0) is 11.3 Å². The summed E-state index contributed by atoms with van der Waals surface area (Å²) in [6, 6.07) is 13.0. The molecule has 2 aliphatic carbocycles. The van der Waals surface area contributed by atoms with Gasteiger partial charge in [0.1, 0.15) is 22.8 Å². The fourth-order valence-corrected chi connectivity index (χ4v) is 5.39. The Bertz CT molecular complexity index is 996. The van der Waals surface area contributed by atoms with Crippen molar-refractivity contribution in [3.05, 3.63) is 53.6 Å². The van der Waals surface area contributed by atoms with Gasteiger partial charge in [-0.15, -0.1) is 0 Å². The molecule has 156 valence electrons. The molecule has 2 saturated carbocycles. The van der Waals surface area contributed by atoms with Crippen molar-refractivity contribution in [2.45, 2.75) is 31.4 Å². The minimum atomic E-state index is -0.530. The third-order valence-electron chi connectivity index (χ3n) is 6.82. The molecule has 6 nitrogen and oxygen atoms in total. The lowest BCUT2D eigenvalue weighted by Crippen LogP contribution is -2.44. The van der Waals surface area contributed by atoms with Crippen molar-refractivity contribution in [3.8, 4) is 17.2 Å². The highest BCUT2D eigenvalue weighted by molar-refractivity contribution is 6.00. The Labute approximate surface area is 175 Å². The molecule has 1 heterocycles. The number of carbonyl (C=O) groups excluding carboxylic acids is 2.